The minimum atomic E-state index is -0.326. The number of para-hydroxylation sites is 1. The van der Waals surface area contributed by atoms with Crippen LogP contribution in [0.4, 0.5) is 10.1 Å². The van der Waals surface area contributed by atoms with Gasteiger partial charge in [0.2, 0.25) is 0 Å². The van der Waals surface area contributed by atoms with Crippen molar-refractivity contribution in [3.63, 3.8) is 0 Å². The molecule has 4 aromatic rings. The van der Waals surface area contributed by atoms with Crippen LogP contribution in [0.15, 0.2) is 114 Å². The lowest BCUT2D eigenvalue weighted by molar-refractivity contribution is -0.114. The van der Waals surface area contributed by atoms with Crippen LogP contribution < -0.4 is 14.5 Å². The van der Waals surface area contributed by atoms with E-state index in [2.05, 4.69) is 5.10 Å². The molecule has 0 saturated heterocycles. The van der Waals surface area contributed by atoms with Crippen LogP contribution in [0.25, 0.3) is 6.08 Å². The van der Waals surface area contributed by atoms with E-state index in [9.17, 15) is 9.18 Å². The predicted molar refractivity (Wildman–Crippen MR) is 139 cm³/mol. The number of halogens is 1. The Balaban J connectivity index is 1.47. The lowest BCUT2D eigenvalue weighted by Gasteiger charge is -2.12. The van der Waals surface area contributed by atoms with Crippen molar-refractivity contribution < 1.29 is 18.7 Å². The third kappa shape index (κ3) is 4.74. The molecule has 1 aliphatic rings. The van der Waals surface area contributed by atoms with E-state index in [4.69, 9.17) is 9.47 Å². The van der Waals surface area contributed by atoms with Gasteiger partial charge in [0.05, 0.1) is 18.4 Å². The van der Waals surface area contributed by atoms with Gasteiger partial charge >= 0.3 is 0 Å². The molecule has 0 aliphatic carbocycles. The lowest BCUT2D eigenvalue weighted by atomic mass is 10.00. The Morgan fingerprint density at radius 1 is 0.861 bits per heavy atom. The molecule has 0 radical (unpaired) electrons. The maximum absolute atomic E-state index is 14.0. The van der Waals surface area contributed by atoms with Gasteiger partial charge in [0.1, 0.15) is 18.1 Å². The number of carbonyl (C=O) groups excluding carboxylic acids is 1. The number of hydrogen-bond acceptors (Lipinski definition) is 4. The zero-order chi connectivity index (χ0) is 24.9. The smallest absolute Gasteiger partial charge is 0.281 e. The van der Waals surface area contributed by atoms with Gasteiger partial charge in [-0.2, -0.15) is 10.1 Å². The Bertz CT molecular complexity index is 1450. The highest BCUT2D eigenvalue weighted by Gasteiger charge is 2.32. The molecule has 0 saturated carbocycles. The van der Waals surface area contributed by atoms with E-state index >= 15 is 0 Å². The molecule has 0 fully saturated rings. The average molecular weight is 479 g/mol. The van der Waals surface area contributed by atoms with Crippen LogP contribution in [0.1, 0.15) is 16.7 Å². The van der Waals surface area contributed by atoms with Crippen LogP contribution in [0.2, 0.25) is 0 Å². The maximum atomic E-state index is 14.0. The fraction of sp³-hybridized carbons (Fsp3) is 0.0667. The van der Waals surface area contributed by atoms with E-state index in [1.165, 1.54) is 18.2 Å². The molecule has 178 valence electrons. The van der Waals surface area contributed by atoms with Crippen molar-refractivity contribution in [2.75, 3.05) is 12.1 Å². The van der Waals surface area contributed by atoms with Crippen LogP contribution >= 0.6 is 0 Å². The topological polar surface area (TPSA) is 51.1 Å². The van der Waals surface area contributed by atoms with Crippen molar-refractivity contribution in [3.05, 3.63) is 131 Å². The van der Waals surface area contributed by atoms with Crippen molar-refractivity contribution in [1.82, 2.24) is 0 Å². The second kappa shape index (κ2) is 10.3. The third-order valence-electron chi connectivity index (χ3n) is 5.77. The molecular weight excluding hydrogens is 455 g/mol. The third-order valence-corrected chi connectivity index (χ3v) is 5.77. The molecule has 4 aromatic carbocycles. The SMILES string of the molecule is COc1cc(/C=C2\C(=O)N(c3ccccc3)N=C2c2ccccc2)ccc1OCc1ccccc1F. The molecule has 5 rings (SSSR count). The van der Waals surface area contributed by atoms with E-state index in [-0.39, 0.29) is 18.3 Å². The normalized spacial score (nSPS) is 14.2. The summed E-state index contributed by atoms with van der Waals surface area (Å²) >= 11 is 0. The Morgan fingerprint density at radius 2 is 1.56 bits per heavy atom. The number of anilines is 1. The monoisotopic (exact) mass is 478 g/mol. The second-order valence-corrected chi connectivity index (χ2v) is 8.12. The van der Waals surface area contributed by atoms with Crippen molar-refractivity contribution in [3.8, 4) is 11.5 Å². The van der Waals surface area contributed by atoms with Crippen molar-refractivity contribution in [1.29, 1.82) is 0 Å². The number of methoxy groups -OCH3 is 1. The van der Waals surface area contributed by atoms with Crippen molar-refractivity contribution in [2.24, 2.45) is 5.10 Å². The molecule has 0 atom stereocenters. The summed E-state index contributed by atoms with van der Waals surface area (Å²) in [5.41, 5.74) is 3.77. The zero-order valence-electron chi connectivity index (χ0n) is 19.6. The first-order chi connectivity index (χ1) is 17.6. The van der Waals surface area contributed by atoms with Gasteiger partial charge in [-0.15, -0.1) is 0 Å². The van der Waals surface area contributed by atoms with Crippen LogP contribution in [-0.4, -0.2) is 18.7 Å². The number of rotatable bonds is 7. The predicted octanol–water partition coefficient (Wildman–Crippen LogP) is 6.25. The molecule has 5 nitrogen and oxygen atoms in total. The number of carbonyl (C=O) groups is 1. The van der Waals surface area contributed by atoms with E-state index in [1.54, 1.807) is 36.4 Å². The van der Waals surface area contributed by atoms with E-state index in [0.29, 0.717) is 34.0 Å². The molecule has 36 heavy (non-hydrogen) atoms. The van der Waals surface area contributed by atoms with E-state index < -0.39 is 0 Å². The average Bonchev–Trinajstić information content (AvgIpc) is 3.25. The Labute approximate surface area is 208 Å². The van der Waals surface area contributed by atoms with E-state index in [1.807, 2.05) is 66.7 Å². The Morgan fingerprint density at radius 3 is 2.28 bits per heavy atom. The maximum Gasteiger partial charge on any atom is 0.281 e. The lowest BCUT2D eigenvalue weighted by Crippen LogP contribution is -2.21. The summed E-state index contributed by atoms with van der Waals surface area (Å²) in [6, 6.07) is 30.7. The highest BCUT2D eigenvalue weighted by Crippen LogP contribution is 2.32. The summed E-state index contributed by atoms with van der Waals surface area (Å²) < 4.78 is 25.3. The molecule has 0 aromatic heterocycles. The first kappa shape index (κ1) is 23.1. The zero-order valence-corrected chi connectivity index (χ0v) is 19.6. The summed E-state index contributed by atoms with van der Waals surface area (Å²) in [4.78, 5) is 13.5. The van der Waals surface area contributed by atoms with Crippen LogP contribution in [0.3, 0.4) is 0 Å². The molecule has 0 unspecified atom stereocenters. The molecular formula is C30H23FN2O3. The van der Waals surface area contributed by atoms with Crippen molar-refractivity contribution in [2.45, 2.75) is 6.61 Å². The summed E-state index contributed by atoms with van der Waals surface area (Å²) in [5, 5.41) is 6.07. The van der Waals surface area contributed by atoms with Crippen molar-refractivity contribution >= 4 is 23.4 Å². The van der Waals surface area contributed by atoms with Crippen LogP contribution in [0.5, 0.6) is 11.5 Å². The summed E-state index contributed by atoms with van der Waals surface area (Å²) in [7, 11) is 1.54. The number of benzene rings is 4. The minimum Gasteiger partial charge on any atom is -0.493 e. The molecule has 1 amide bonds. The number of nitrogens with zero attached hydrogens (tertiary/aromatic N) is 2. The molecule has 0 bridgehead atoms. The van der Waals surface area contributed by atoms with Gasteiger partial charge in [-0.25, -0.2) is 4.39 Å². The van der Waals surface area contributed by atoms with Gasteiger partial charge < -0.3 is 9.47 Å². The summed E-state index contributed by atoms with van der Waals surface area (Å²) in [6.45, 7) is 0.0683. The summed E-state index contributed by atoms with van der Waals surface area (Å²) in [5.74, 6) is 0.403. The fourth-order valence-corrected chi connectivity index (χ4v) is 3.93. The van der Waals surface area contributed by atoms with Gasteiger partial charge in [0.25, 0.3) is 5.91 Å². The number of hydrogen-bond donors (Lipinski definition) is 0. The van der Waals surface area contributed by atoms with E-state index in [0.717, 1.165) is 11.1 Å². The fourth-order valence-electron chi connectivity index (χ4n) is 3.93. The van der Waals surface area contributed by atoms with Crippen LogP contribution in [0, 0.1) is 5.82 Å². The van der Waals surface area contributed by atoms with Gasteiger partial charge in [-0.3, -0.25) is 4.79 Å². The Kier molecular flexibility index (Phi) is 6.58. The summed E-state index contributed by atoms with van der Waals surface area (Å²) in [6.07, 6.45) is 1.79. The largest absolute Gasteiger partial charge is 0.493 e. The van der Waals surface area contributed by atoms with Gasteiger partial charge in [0, 0.05) is 11.1 Å². The van der Waals surface area contributed by atoms with Gasteiger partial charge in [-0.05, 0) is 42.0 Å². The van der Waals surface area contributed by atoms with Gasteiger partial charge in [0.15, 0.2) is 11.5 Å². The highest BCUT2D eigenvalue weighted by atomic mass is 19.1. The van der Waals surface area contributed by atoms with Crippen LogP contribution in [-0.2, 0) is 11.4 Å². The molecule has 1 aliphatic heterocycles. The van der Waals surface area contributed by atoms with Gasteiger partial charge in [-0.1, -0.05) is 72.8 Å². The molecule has 6 heteroatoms. The number of hydrazone groups is 1. The second-order valence-electron chi connectivity index (χ2n) is 8.12. The molecule has 0 spiro atoms. The standard InChI is InChI=1S/C30H23FN2O3/c1-35-28-19-21(16-17-27(28)36-20-23-12-8-9-15-26(23)31)18-25-29(22-10-4-2-5-11-22)32-33(30(25)34)24-13-6-3-7-14-24/h2-19H,20H2,1H3/b25-18-. The number of amides is 1. The first-order valence-corrected chi connectivity index (χ1v) is 11.4. The Hall–Kier alpha value is -4.71. The first-order valence-electron chi connectivity index (χ1n) is 11.4. The molecule has 1 heterocycles. The highest BCUT2D eigenvalue weighted by molar-refractivity contribution is 6.37. The minimum absolute atomic E-state index is 0.0683. The molecule has 0 N–H and O–H groups in total. The number of ether oxygens (including phenoxy) is 2. The quantitative estimate of drug-likeness (QED) is 0.295.